The highest BCUT2D eigenvalue weighted by Gasteiger charge is 2.51. The van der Waals surface area contributed by atoms with Gasteiger partial charge < -0.3 is 14.2 Å². The van der Waals surface area contributed by atoms with E-state index in [9.17, 15) is 9.59 Å². The summed E-state index contributed by atoms with van der Waals surface area (Å²) in [6.07, 6.45) is 0.495. The van der Waals surface area contributed by atoms with Crippen molar-refractivity contribution in [2.45, 2.75) is 38.8 Å². The first-order chi connectivity index (χ1) is 8.32. The molecule has 1 rings (SSSR count). The van der Waals surface area contributed by atoms with Crippen LogP contribution in [0.25, 0.3) is 0 Å². The van der Waals surface area contributed by atoms with Gasteiger partial charge in [-0.3, -0.25) is 0 Å². The first kappa shape index (κ1) is 14.5. The zero-order chi connectivity index (χ0) is 13.8. The lowest BCUT2D eigenvalue weighted by molar-refractivity contribution is -0.586. The van der Waals surface area contributed by atoms with Crippen molar-refractivity contribution in [3.63, 3.8) is 0 Å². The maximum Gasteiger partial charge on any atom is 0.514 e. The zero-order valence-electron chi connectivity index (χ0n) is 10.6. The van der Waals surface area contributed by atoms with Crippen molar-refractivity contribution in [1.29, 1.82) is 0 Å². The van der Waals surface area contributed by atoms with Gasteiger partial charge >= 0.3 is 18.1 Å². The zero-order valence-corrected chi connectivity index (χ0v) is 10.6. The molecule has 0 aromatic heterocycles. The van der Waals surface area contributed by atoms with Crippen LogP contribution in [0.3, 0.4) is 0 Å². The molecule has 0 bridgehead atoms. The smallest absolute Gasteiger partial charge is 0.428 e. The van der Waals surface area contributed by atoms with E-state index in [1.807, 2.05) is 6.92 Å². The molecular weight excluding hydrogens is 244 g/mol. The van der Waals surface area contributed by atoms with E-state index in [1.165, 1.54) is 0 Å². The fourth-order valence-electron chi connectivity index (χ4n) is 0.909. The maximum absolute atomic E-state index is 11.5. The van der Waals surface area contributed by atoms with Gasteiger partial charge in [-0.2, -0.15) is 0 Å². The Bertz CT molecular complexity index is 343. The molecule has 1 saturated heterocycles. The first-order valence-corrected chi connectivity index (χ1v) is 5.40. The van der Waals surface area contributed by atoms with E-state index in [0.717, 1.165) is 6.08 Å². The molecule has 1 unspecified atom stereocenters. The summed E-state index contributed by atoms with van der Waals surface area (Å²) in [4.78, 5) is 31.4. The Labute approximate surface area is 105 Å². The van der Waals surface area contributed by atoms with Crippen molar-refractivity contribution in [2.24, 2.45) is 0 Å². The minimum atomic E-state index is -1.88. The third-order valence-corrected chi connectivity index (χ3v) is 2.29. The molecular formula is C11H16O7. The Balaban J connectivity index is 2.55. The Hall–Kier alpha value is -1.60. The first-order valence-electron chi connectivity index (χ1n) is 5.40. The molecule has 1 aliphatic rings. The minimum absolute atomic E-state index is 0.228. The van der Waals surface area contributed by atoms with Crippen LogP contribution in [-0.4, -0.2) is 30.3 Å². The van der Waals surface area contributed by atoms with Gasteiger partial charge in [-0.25, -0.2) is 14.5 Å². The molecule has 18 heavy (non-hydrogen) atoms. The van der Waals surface area contributed by atoms with Gasteiger partial charge in [0, 0.05) is 6.08 Å². The van der Waals surface area contributed by atoms with Crippen molar-refractivity contribution < 1.29 is 33.6 Å². The second kappa shape index (κ2) is 5.36. The third-order valence-electron chi connectivity index (χ3n) is 2.29. The van der Waals surface area contributed by atoms with E-state index in [4.69, 9.17) is 14.2 Å². The quantitative estimate of drug-likeness (QED) is 0.322. The van der Waals surface area contributed by atoms with Gasteiger partial charge in [0.25, 0.3) is 0 Å². The molecule has 0 spiro atoms. The Morgan fingerprint density at radius 3 is 2.44 bits per heavy atom. The standard InChI is InChI=1S/C11H16O7/c1-5-8(12)15-11(7-14-18-11)17-9(13)16-10(3,4)6-2/h5H,1,6-7H2,2-4H3. The predicted octanol–water partition coefficient (Wildman–Crippen LogP) is 1.67. The average Bonchev–Trinajstić information content (AvgIpc) is 2.25. The van der Waals surface area contributed by atoms with Crippen LogP contribution in [0.15, 0.2) is 12.7 Å². The summed E-state index contributed by atoms with van der Waals surface area (Å²) in [5.41, 5.74) is -0.689. The topological polar surface area (TPSA) is 80.3 Å². The Morgan fingerprint density at radius 2 is 2.06 bits per heavy atom. The number of rotatable bonds is 5. The van der Waals surface area contributed by atoms with Gasteiger partial charge in [0.05, 0.1) is 0 Å². The number of hydrogen-bond acceptors (Lipinski definition) is 7. The van der Waals surface area contributed by atoms with Gasteiger partial charge in [-0.1, -0.05) is 13.5 Å². The lowest BCUT2D eigenvalue weighted by atomic mass is 10.1. The molecule has 1 heterocycles. The fourth-order valence-corrected chi connectivity index (χ4v) is 0.909. The van der Waals surface area contributed by atoms with Crippen molar-refractivity contribution in [3.8, 4) is 0 Å². The van der Waals surface area contributed by atoms with Crippen molar-refractivity contribution in [1.82, 2.24) is 0 Å². The van der Waals surface area contributed by atoms with Crippen LogP contribution < -0.4 is 0 Å². The van der Waals surface area contributed by atoms with Crippen molar-refractivity contribution in [3.05, 3.63) is 12.7 Å². The van der Waals surface area contributed by atoms with Crippen LogP contribution in [0, 0.1) is 0 Å². The minimum Gasteiger partial charge on any atom is -0.428 e. The SMILES string of the molecule is C=CC(=O)OC1(OC(=O)OC(C)(C)CC)COO1. The molecule has 0 radical (unpaired) electrons. The van der Waals surface area contributed by atoms with E-state index in [0.29, 0.717) is 6.42 Å². The third kappa shape index (κ3) is 3.71. The van der Waals surface area contributed by atoms with Gasteiger partial charge in [-0.05, 0) is 20.3 Å². The summed E-state index contributed by atoms with van der Waals surface area (Å²) < 4.78 is 14.5. The highest BCUT2D eigenvalue weighted by atomic mass is 17.3. The fraction of sp³-hybridized carbons (Fsp3) is 0.636. The molecule has 102 valence electrons. The summed E-state index contributed by atoms with van der Waals surface area (Å²) in [5, 5.41) is 0. The lowest BCUT2D eigenvalue weighted by Gasteiger charge is -2.36. The summed E-state index contributed by atoms with van der Waals surface area (Å²) in [7, 11) is 0. The largest absolute Gasteiger partial charge is 0.514 e. The number of carbonyl (C=O) groups excluding carboxylic acids is 2. The van der Waals surface area contributed by atoms with Crippen LogP contribution in [0.2, 0.25) is 0 Å². The van der Waals surface area contributed by atoms with Crippen LogP contribution in [0.5, 0.6) is 0 Å². The van der Waals surface area contributed by atoms with Crippen LogP contribution in [-0.2, 0) is 28.8 Å². The maximum atomic E-state index is 11.5. The molecule has 0 N–H and O–H groups in total. The van der Waals surface area contributed by atoms with Crippen LogP contribution in [0.1, 0.15) is 27.2 Å². The number of ether oxygens (including phenoxy) is 3. The highest BCUT2D eigenvalue weighted by Crippen LogP contribution is 2.27. The highest BCUT2D eigenvalue weighted by molar-refractivity contribution is 5.81. The van der Waals surface area contributed by atoms with Crippen molar-refractivity contribution in [2.75, 3.05) is 6.61 Å². The molecule has 0 aromatic carbocycles. The monoisotopic (exact) mass is 260 g/mol. The van der Waals surface area contributed by atoms with E-state index < -0.39 is 23.7 Å². The number of esters is 1. The van der Waals surface area contributed by atoms with E-state index >= 15 is 0 Å². The normalized spacial score (nSPS) is 22.6. The Morgan fingerprint density at radius 1 is 1.44 bits per heavy atom. The molecule has 0 aliphatic carbocycles. The average molecular weight is 260 g/mol. The van der Waals surface area contributed by atoms with Gasteiger partial charge in [0.2, 0.25) is 0 Å². The molecule has 0 aromatic rings. The van der Waals surface area contributed by atoms with Crippen LogP contribution in [0.4, 0.5) is 4.79 Å². The van der Waals surface area contributed by atoms with E-state index in [1.54, 1.807) is 13.8 Å². The van der Waals surface area contributed by atoms with Gasteiger partial charge in [0.1, 0.15) is 5.60 Å². The summed E-state index contributed by atoms with van der Waals surface area (Å²) >= 11 is 0. The second-order valence-corrected chi connectivity index (χ2v) is 4.22. The molecule has 1 aliphatic heterocycles. The lowest BCUT2D eigenvalue weighted by Crippen LogP contribution is -2.54. The van der Waals surface area contributed by atoms with Gasteiger partial charge in [-0.15, -0.1) is 4.89 Å². The number of carbonyl (C=O) groups is 2. The molecule has 7 nitrogen and oxygen atoms in total. The Kier molecular flexibility index (Phi) is 4.31. The molecule has 0 saturated carbocycles. The molecule has 1 fully saturated rings. The molecule has 1 atom stereocenters. The summed E-state index contributed by atoms with van der Waals surface area (Å²) in [6.45, 7) is 8.27. The van der Waals surface area contributed by atoms with E-state index in [-0.39, 0.29) is 6.61 Å². The second-order valence-electron chi connectivity index (χ2n) is 4.22. The molecule has 0 amide bonds. The predicted molar refractivity (Wildman–Crippen MR) is 58.0 cm³/mol. The van der Waals surface area contributed by atoms with Crippen LogP contribution >= 0.6 is 0 Å². The summed E-state index contributed by atoms with van der Waals surface area (Å²) in [5.74, 6) is -2.69. The van der Waals surface area contributed by atoms with E-state index in [2.05, 4.69) is 16.4 Å². The number of hydrogen-bond donors (Lipinski definition) is 0. The molecule has 7 heteroatoms. The van der Waals surface area contributed by atoms with Gasteiger partial charge in [0.15, 0.2) is 6.61 Å². The summed E-state index contributed by atoms with van der Waals surface area (Å²) in [6, 6.07) is 0. The van der Waals surface area contributed by atoms with Crippen molar-refractivity contribution >= 4 is 12.1 Å².